The molecule has 2 rings (SSSR count). The lowest BCUT2D eigenvalue weighted by molar-refractivity contribution is -0.132. The van der Waals surface area contributed by atoms with Crippen molar-refractivity contribution in [1.29, 1.82) is 0 Å². The smallest absolute Gasteiger partial charge is 0.144 e. The molecule has 0 amide bonds. The van der Waals surface area contributed by atoms with Crippen LogP contribution in [-0.4, -0.2) is 11.6 Å². The molecule has 1 aromatic rings. The van der Waals surface area contributed by atoms with E-state index >= 15 is 0 Å². The SMILES string of the molecule is C#CC(c1ccccc1)C1C(=O)CCCCC1=O. The molecule has 0 saturated heterocycles. The molecule has 0 spiro atoms. The second-order valence-electron chi connectivity index (χ2n) is 4.67. The zero-order chi connectivity index (χ0) is 13.0. The number of hydrogen-bond donors (Lipinski definition) is 0. The van der Waals surface area contributed by atoms with Crippen molar-refractivity contribution in [2.24, 2.45) is 5.92 Å². The first-order chi connectivity index (χ1) is 8.74. The predicted molar refractivity (Wildman–Crippen MR) is 70.0 cm³/mol. The first-order valence-electron chi connectivity index (χ1n) is 6.30. The van der Waals surface area contributed by atoms with Crippen LogP contribution in [-0.2, 0) is 9.59 Å². The van der Waals surface area contributed by atoms with Gasteiger partial charge >= 0.3 is 0 Å². The van der Waals surface area contributed by atoms with Gasteiger partial charge in [0.2, 0.25) is 0 Å². The summed E-state index contributed by atoms with van der Waals surface area (Å²) in [5.41, 5.74) is 0.883. The first-order valence-corrected chi connectivity index (χ1v) is 6.30. The van der Waals surface area contributed by atoms with Crippen molar-refractivity contribution in [2.45, 2.75) is 31.6 Å². The average molecular weight is 240 g/mol. The van der Waals surface area contributed by atoms with Gasteiger partial charge in [-0.1, -0.05) is 36.3 Å². The molecule has 1 atom stereocenters. The minimum absolute atomic E-state index is 0.00398. The van der Waals surface area contributed by atoms with E-state index in [-0.39, 0.29) is 11.6 Å². The standard InChI is InChI=1S/C16H16O2/c1-2-13(12-8-4-3-5-9-12)16-14(17)10-6-7-11-15(16)18/h1,3-5,8-9,13,16H,6-7,10-11H2. The molecule has 18 heavy (non-hydrogen) atoms. The van der Waals surface area contributed by atoms with E-state index in [0.717, 1.165) is 18.4 Å². The number of carbonyl (C=O) groups is 2. The number of terminal acetylenes is 1. The van der Waals surface area contributed by atoms with Crippen LogP contribution in [0.2, 0.25) is 0 Å². The van der Waals surface area contributed by atoms with E-state index in [1.807, 2.05) is 30.3 Å². The molecule has 0 aromatic heterocycles. The van der Waals surface area contributed by atoms with Crippen molar-refractivity contribution in [2.75, 3.05) is 0 Å². The van der Waals surface area contributed by atoms with Crippen molar-refractivity contribution in [3.05, 3.63) is 35.9 Å². The maximum atomic E-state index is 12.1. The monoisotopic (exact) mass is 240 g/mol. The van der Waals surface area contributed by atoms with Crippen molar-refractivity contribution in [1.82, 2.24) is 0 Å². The molecular formula is C16H16O2. The Morgan fingerprint density at radius 3 is 2.11 bits per heavy atom. The van der Waals surface area contributed by atoms with Crippen LogP contribution < -0.4 is 0 Å². The Hall–Kier alpha value is -1.88. The van der Waals surface area contributed by atoms with Gasteiger partial charge in [-0.3, -0.25) is 9.59 Å². The number of Topliss-reactive ketones (excluding diaryl/α,β-unsaturated/α-hetero) is 2. The van der Waals surface area contributed by atoms with Crippen LogP contribution in [0.25, 0.3) is 0 Å². The number of rotatable bonds is 2. The van der Waals surface area contributed by atoms with Gasteiger partial charge in [0.1, 0.15) is 11.6 Å². The van der Waals surface area contributed by atoms with Crippen LogP contribution in [0, 0.1) is 18.3 Å². The van der Waals surface area contributed by atoms with Crippen molar-refractivity contribution in [3.8, 4) is 12.3 Å². The van der Waals surface area contributed by atoms with Gasteiger partial charge in [0.15, 0.2) is 0 Å². The fraction of sp³-hybridized carbons (Fsp3) is 0.375. The third-order valence-electron chi connectivity index (χ3n) is 3.46. The van der Waals surface area contributed by atoms with Gasteiger partial charge in [-0.25, -0.2) is 0 Å². The fourth-order valence-electron chi connectivity index (χ4n) is 2.51. The number of hydrogen-bond acceptors (Lipinski definition) is 2. The molecule has 2 nitrogen and oxygen atoms in total. The molecule has 0 N–H and O–H groups in total. The largest absolute Gasteiger partial charge is 0.299 e. The third kappa shape index (κ3) is 2.51. The maximum Gasteiger partial charge on any atom is 0.144 e. The van der Waals surface area contributed by atoms with E-state index in [1.54, 1.807) is 0 Å². The lowest BCUT2D eigenvalue weighted by Crippen LogP contribution is -2.28. The highest BCUT2D eigenvalue weighted by molar-refractivity contribution is 6.04. The molecule has 2 heteroatoms. The lowest BCUT2D eigenvalue weighted by atomic mass is 9.80. The number of benzene rings is 1. The summed E-state index contributed by atoms with van der Waals surface area (Å²) in [4.78, 5) is 24.2. The highest BCUT2D eigenvalue weighted by atomic mass is 16.2. The minimum Gasteiger partial charge on any atom is -0.299 e. The highest BCUT2D eigenvalue weighted by Crippen LogP contribution is 2.30. The Bertz CT molecular complexity index is 464. The summed E-state index contributed by atoms with van der Waals surface area (Å²) in [6.45, 7) is 0. The zero-order valence-corrected chi connectivity index (χ0v) is 10.3. The quantitative estimate of drug-likeness (QED) is 0.452. The van der Waals surface area contributed by atoms with Crippen molar-refractivity contribution in [3.63, 3.8) is 0 Å². The molecule has 92 valence electrons. The van der Waals surface area contributed by atoms with Crippen LogP contribution in [0.15, 0.2) is 30.3 Å². The lowest BCUT2D eigenvalue weighted by Gasteiger charge is -2.19. The van der Waals surface area contributed by atoms with Gasteiger partial charge in [0.25, 0.3) is 0 Å². The zero-order valence-electron chi connectivity index (χ0n) is 10.3. The van der Waals surface area contributed by atoms with Crippen LogP contribution in [0.1, 0.15) is 37.2 Å². The Balaban J connectivity index is 2.34. The normalized spacial score (nSPS) is 19.1. The van der Waals surface area contributed by atoms with Crippen LogP contribution in [0.5, 0.6) is 0 Å². The topological polar surface area (TPSA) is 34.1 Å². The van der Waals surface area contributed by atoms with Gasteiger partial charge in [-0.05, 0) is 18.4 Å². The Morgan fingerprint density at radius 1 is 1.06 bits per heavy atom. The summed E-state index contributed by atoms with van der Waals surface area (Å²) < 4.78 is 0. The average Bonchev–Trinajstić information content (AvgIpc) is 2.56. The Morgan fingerprint density at radius 2 is 1.61 bits per heavy atom. The molecule has 1 saturated carbocycles. The minimum atomic E-state index is -0.639. The van der Waals surface area contributed by atoms with Gasteiger partial charge in [-0.15, -0.1) is 6.42 Å². The van der Waals surface area contributed by atoms with Gasteiger partial charge < -0.3 is 0 Å². The summed E-state index contributed by atoms with van der Waals surface area (Å²) in [5.74, 6) is 1.59. The summed E-state index contributed by atoms with van der Waals surface area (Å²) in [6.07, 6.45) is 8.10. The van der Waals surface area contributed by atoms with E-state index in [2.05, 4.69) is 5.92 Å². The summed E-state index contributed by atoms with van der Waals surface area (Å²) >= 11 is 0. The van der Waals surface area contributed by atoms with E-state index < -0.39 is 11.8 Å². The molecule has 1 aliphatic rings. The number of carbonyl (C=O) groups excluding carboxylic acids is 2. The summed E-state index contributed by atoms with van der Waals surface area (Å²) in [7, 11) is 0. The molecule has 0 radical (unpaired) electrons. The molecule has 1 unspecified atom stereocenters. The highest BCUT2D eigenvalue weighted by Gasteiger charge is 2.35. The third-order valence-corrected chi connectivity index (χ3v) is 3.46. The number of ketones is 2. The van der Waals surface area contributed by atoms with E-state index in [9.17, 15) is 9.59 Å². The molecule has 1 fully saturated rings. The van der Waals surface area contributed by atoms with Crippen molar-refractivity contribution >= 4 is 11.6 Å². The molecule has 0 heterocycles. The molecule has 1 aromatic carbocycles. The predicted octanol–water partition coefficient (Wildman–Crippen LogP) is 2.73. The Kier molecular flexibility index (Phi) is 3.94. The van der Waals surface area contributed by atoms with Crippen molar-refractivity contribution < 1.29 is 9.59 Å². The molecular weight excluding hydrogens is 224 g/mol. The first kappa shape index (κ1) is 12.6. The van der Waals surface area contributed by atoms with Crippen LogP contribution >= 0.6 is 0 Å². The second-order valence-corrected chi connectivity index (χ2v) is 4.67. The van der Waals surface area contributed by atoms with E-state index in [4.69, 9.17) is 6.42 Å². The molecule has 1 aliphatic carbocycles. The van der Waals surface area contributed by atoms with Crippen LogP contribution in [0.3, 0.4) is 0 Å². The second kappa shape index (κ2) is 5.64. The van der Waals surface area contributed by atoms with Gasteiger partial charge in [0, 0.05) is 12.8 Å². The molecule has 0 bridgehead atoms. The summed E-state index contributed by atoms with van der Waals surface area (Å²) in [5, 5.41) is 0. The fourth-order valence-corrected chi connectivity index (χ4v) is 2.51. The van der Waals surface area contributed by atoms with E-state index in [1.165, 1.54) is 0 Å². The van der Waals surface area contributed by atoms with Gasteiger partial charge in [-0.2, -0.15) is 0 Å². The van der Waals surface area contributed by atoms with Crippen LogP contribution in [0.4, 0.5) is 0 Å². The molecule has 0 aliphatic heterocycles. The Labute approximate surface area is 107 Å². The summed E-state index contributed by atoms with van der Waals surface area (Å²) in [6, 6.07) is 9.43. The van der Waals surface area contributed by atoms with Gasteiger partial charge in [0.05, 0.1) is 11.8 Å². The van der Waals surface area contributed by atoms with E-state index in [0.29, 0.717) is 12.8 Å². The maximum absolute atomic E-state index is 12.1.